The highest BCUT2D eigenvalue weighted by molar-refractivity contribution is 5.34. The van der Waals surface area contributed by atoms with Crippen LogP contribution in [0.15, 0.2) is 18.2 Å². The fourth-order valence-corrected chi connectivity index (χ4v) is 1.15. The molecule has 0 atom stereocenters. The summed E-state index contributed by atoms with van der Waals surface area (Å²) in [5, 5.41) is 0. The molecule has 0 N–H and O–H groups in total. The lowest BCUT2D eigenvalue weighted by atomic mass is 10.1. The number of hydrogen-bond acceptors (Lipinski definition) is 2. The SMILES string of the molecule is Cc1ccc(OC(F)(F)F)cc1COC(F)F. The Bertz CT molecular complexity index is 375. The monoisotopic (exact) mass is 256 g/mol. The highest BCUT2D eigenvalue weighted by atomic mass is 19.4. The summed E-state index contributed by atoms with van der Waals surface area (Å²) in [7, 11) is 0. The van der Waals surface area contributed by atoms with Crippen molar-refractivity contribution in [1.29, 1.82) is 0 Å². The Morgan fingerprint density at radius 2 is 1.88 bits per heavy atom. The van der Waals surface area contributed by atoms with Crippen LogP contribution in [0.1, 0.15) is 11.1 Å². The van der Waals surface area contributed by atoms with Crippen LogP contribution in [0.4, 0.5) is 22.0 Å². The number of ether oxygens (including phenoxy) is 2. The van der Waals surface area contributed by atoms with Crippen LogP contribution < -0.4 is 4.74 Å². The van der Waals surface area contributed by atoms with Crippen molar-refractivity contribution < 1.29 is 31.4 Å². The van der Waals surface area contributed by atoms with Crippen LogP contribution in [-0.2, 0) is 11.3 Å². The molecular weight excluding hydrogens is 247 g/mol. The van der Waals surface area contributed by atoms with E-state index in [4.69, 9.17) is 0 Å². The van der Waals surface area contributed by atoms with Gasteiger partial charge in [0.1, 0.15) is 5.75 Å². The number of aryl methyl sites for hydroxylation is 1. The first-order valence-corrected chi connectivity index (χ1v) is 4.53. The lowest BCUT2D eigenvalue weighted by molar-refractivity contribution is -0.274. The van der Waals surface area contributed by atoms with Crippen molar-refractivity contribution in [2.24, 2.45) is 0 Å². The molecule has 17 heavy (non-hydrogen) atoms. The number of hydrogen-bond donors (Lipinski definition) is 0. The number of benzene rings is 1. The maximum atomic E-state index is 11.9. The van der Waals surface area contributed by atoms with Crippen molar-refractivity contribution in [2.75, 3.05) is 0 Å². The van der Waals surface area contributed by atoms with Gasteiger partial charge in [-0.15, -0.1) is 13.2 Å². The van der Waals surface area contributed by atoms with Gasteiger partial charge in [-0.05, 0) is 30.2 Å². The van der Waals surface area contributed by atoms with Crippen molar-refractivity contribution in [1.82, 2.24) is 0 Å². The van der Waals surface area contributed by atoms with Gasteiger partial charge >= 0.3 is 13.0 Å². The van der Waals surface area contributed by atoms with E-state index in [1.807, 2.05) is 0 Å². The first-order chi connectivity index (χ1) is 7.78. The molecule has 96 valence electrons. The summed E-state index contributed by atoms with van der Waals surface area (Å²) in [4.78, 5) is 0. The third-order valence-corrected chi connectivity index (χ3v) is 1.92. The predicted octanol–water partition coefficient (Wildman–Crippen LogP) is 3.63. The van der Waals surface area contributed by atoms with Gasteiger partial charge < -0.3 is 9.47 Å². The molecule has 1 aromatic carbocycles. The molecule has 0 bridgehead atoms. The van der Waals surface area contributed by atoms with Crippen molar-refractivity contribution >= 4 is 0 Å². The summed E-state index contributed by atoms with van der Waals surface area (Å²) in [6.07, 6.45) is -4.81. The van der Waals surface area contributed by atoms with Crippen LogP contribution in [0.25, 0.3) is 0 Å². The molecular formula is C10H9F5O2. The molecule has 0 saturated carbocycles. The van der Waals surface area contributed by atoms with Crippen molar-refractivity contribution in [3.63, 3.8) is 0 Å². The first-order valence-electron chi connectivity index (χ1n) is 4.53. The Hall–Kier alpha value is -1.37. The summed E-state index contributed by atoms with van der Waals surface area (Å²) >= 11 is 0. The maximum absolute atomic E-state index is 11.9. The van der Waals surface area contributed by atoms with Gasteiger partial charge in [-0.25, -0.2) is 0 Å². The lowest BCUT2D eigenvalue weighted by Crippen LogP contribution is -2.17. The minimum absolute atomic E-state index is 0.215. The van der Waals surface area contributed by atoms with Gasteiger partial charge in [-0.2, -0.15) is 8.78 Å². The Morgan fingerprint density at radius 1 is 1.24 bits per heavy atom. The smallest absolute Gasteiger partial charge is 0.406 e. The zero-order chi connectivity index (χ0) is 13.1. The molecule has 0 aliphatic rings. The average molecular weight is 256 g/mol. The zero-order valence-corrected chi connectivity index (χ0v) is 8.72. The largest absolute Gasteiger partial charge is 0.573 e. The van der Waals surface area contributed by atoms with Gasteiger partial charge in [-0.1, -0.05) is 6.07 Å². The van der Waals surface area contributed by atoms with Crippen LogP contribution in [-0.4, -0.2) is 13.0 Å². The Kier molecular flexibility index (Phi) is 4.28. The normalized spacial score (nSPS) is 11.9. The van der Waals surface area contributed by atoms with Crippen LogP contribution in [0.5, 0.6) is 5.75 Å². The summed E-state index contributed by atoms with van der Waals surface area (Å²) < 4.78 is 67.0. The van der Waals surface area contributed by atoms with E-state index in [1.165, 1.54) is 6.07 Å². The second kappa shape index (κ2) is 5.31. The van der Waals surface area contributed by atoms with Crippen molar-refractivity contribution in [3.05, 3.63) is 29.3 Å². The second-order valence-corrected chi connectivity index (χ2v) is 3.21. The first kappa shape index (κ1) is 13.7. The molecule has 0 radical (unpaired) electrons. The van der Waals surface area contributed by atoms with E-state index in [0.29, 0.717) is 5.56 Å². The van der Waals surface area contributed by atoms with E-state index in [9.17, 15) is 22.0 Å². The number of halogens is 5. The van der Waals surface area contributed by atoms with E-state index >= 15 is 0 Å². The third-order valence-electron chi connectivity index (χ3n) is 1.92. The summed E-state index contributed by atoms with van der Waals surface area (Å²) in [6, 6.07) is 3.46. The van der Waals surface area contributed by atoms with Crippen LogP contribution in [0.3, 0.4) is 0 Å². The molecule has 0 heterocycles. The minimum Gasteiger partial charge on any atom is -0.406 e. The third kappa shape index (κ3) is 4.99. The molecule has 0 spiro atoms. The number of alkyl halides is 5. The fraction of sp³-hybridized carbons (Fsp3) is 0.400. The Balaban J connectivity index is 2.79. The standard InChI is InChI=1S/C10H9F5O2/c1-6-2-3-8(17-10(13,14)15)4-7(6)5-16-9(11)12/h2-4,9H,5H2,1H3. The zero-order valence-electron chi connectivity index (χ0n) is 8.72. The van der Waals surface area contributed by atoms with E-state index < -0.39 is 25.3 Å². The van der Waals surface area contributed by atoms with Gasteiger partial charge in [0, 0.05) is 0 Å². The molecule has 0 amide bonds. The number of rotatable bonds is 4. The average Bonchev–Trinajstić information content (AvgIpc) is 2.16. The molecule has 0 aromatic heterocycles. The molecule has 1 aromatic rings. The van der Waals surface area contributed by atoms with E-state index in [2.05, 4.69) is 9.47 Å². The molecule has 0 unspecified atom stereocenters. The molecule has 2 nitrogen and oxygen atoms in total. The highest BCUT2D eigenvalue weighted by Crippen LogP contribution is 2.25. The van der Waals surface area contributed by atoms with Crippen molar-refractivity contribution in [2.45, 2.75) is 26.5 Å². The second-order valence-electron chi connectivity index (χ2n) is 3.21. The lowest BCUT2D eigenvalue weighted by Gasteiger charge is -2.12. The summed E-state index contributed by atoms with van der Waals surface area (Å²) in [6.45, 7) is -1.87. The molecule has 7 heteroatoms. The van der Waals surface area contributed by atoms with Gasteiger partial charge in [0.15, 0.2) is 0 Å². The fourth-order valence-electron chi connectivity index (χ4n) is 1.15. The topological polar surface area (TPSA) is 18.5 Å². The molecule has 0 saturated heterocycles. The van der Waals surface area contributed by atoms with Crippen LogP contribution in [0, 0.1) is 6.92 Å². The van der Waals surface area contributed by atoms with E-state index in [-0.39, 0.29) is 5.56 Å². The Morgan fingerprint density at radius 3 is 2.41 bits per heavy atom. The molecule has 1 rings (SSSR count). The van der Waals surface area contributed by atoms with Gasteiger partial charge in [0.25, 0.3) is 0 Å². The Labute approximate surface area is 93.9 Å². The van der Waals surface area contributed by atoms with Crippen LogP contribution >= 0.6 is 0 Å². The maximum Gasteiger partial charge on any atom is 0.573 e. The summed E-state index contributed by atoms with van der Waals surface area (Å²) in [5.74, 6) is -0.462. The highest BCUT2D eigenvalue weighted by Gasteiger charge is 2.31. The minimum atomic E-state index is -4.81. The molecule has 0 aliphatic carbocycles. The van der Waals surface area contributed by atoms with E-state index in [1.54, 1.807) is 6.92 Å². The summed E-state index contributed by atoms with van der Waals surface area (Å²) in [5.41, 5.74) is 0.757. The van der Waals surface area contributed by atoms with E-state index in [0.717, 1.165) is 12.1 Å². The predicted molar refractivity (Wildman–Crippen MR) is 48.7 cm³/mol. The van der Waals surface area contributed by atoms with Gasteiger partial charge in [0.05, 0.1) is 6.61 Å². The van der Waals surface area contributed by atoms with Crippen molar-refractivity contribution in [3.8, 4) is 5.75 Å². The molecule has 0 aliphatic heterocycles. The van der Waals surface area contributed by atoms with Crippen LogP contribution in [0.2, 0.25) is 0 Å². The quantitative estimate of drug-likeness (QED) is 0.766. The van der Waals surface area contributed by atoms with Gasteiger partial charge in [0.2, 0.25) is 0 Å². The molecule has 0 fully saturated rings. The van der Waals surface area contributed by atoms with Gasteiger partial charge in [-0.3, -0.25) is 0 Å².